The van der Waals surface area contributed by atoms with E-state index < -0.39 is 0 Å². The molecule has 2 atom stereocenters. The highest BCUT2D eigenvalue weighted by atomic mass is 35.5. The van der Waals surface area contributed by atoms with Gasteiger partial charge in [0.15, 0.2) is 0 Å². The number of hydrogen-bond acceptors (Lipinski definition) is 5. The predicted molar refractivity (Wildman–Crippen MR) is 71.1 cm³/mol. The molecule has 2 N–H and O–H groups in total. The third-order valence-electron chi connectivity index (χ3n) is 3.03. The van der Waals surface area contributed by atoms with Gasteiger partial charge in [-0.2, -0.15) is 4.98 Å². The Hall–Kier alpha value is -1.14. The molecule has 0 amide bonds. The minimum Gasteiger partial charge on any atom is -0.392 e. The van der Waals surface area contributed by atoms with Crippen molar-refractivity contribution in [1.82, 2.24) is 15.5 Å². The molecule has 0 unspecified atom stereocenters. The predicted octanol–water partition coefficient (Wildman–Crippen LogP) is 2.44. The molecule has 0 spiro atoms. The van der Waals surface area contributed by atoms with Crippen LogP contribution in [-0.2, 0) is 0 Å². The van der Waals surface area contributed by atoms with Crippen molar-refractivity contribution in [2.75, 3.05) is 6.54 Å². The summed E-state index contributed by atoms with van der Waals surface area (Å²) in [5.74, 6) is 0.925. The van der Waals surface area contributed by atoms with Crippen LogP contribution in [0, 0.1) is 0 Å². The van der Waals surface area contributed by atoms with Gasteiger partial charge in [0.1, 0.15) is 0 Å². The van der Waals surface area contributed by atoms with Crippen LogP contribution >= 0.6 is 23.2 Å². The van der Waals surface area contributed by atoms with Crippen molar-refractivity contribution >= 4 is 23.2 Å². The number of rotatable bonds is 2. The summed E-state index contributed by atoms with van der Waals surface area (Å²) >= 11 is 11.8. The summed E-state index contributed by atoms with van der Waals surface area (Å²) in [7, 11) is 0. The van der Waals surface area contributed by atoms with E-state index in [9.17, 15) is 5.11 Å². The van der Waals surface area contributed by atoms with Crippen LogP contribution in [0.2, 0.25) is 10.0 Å². The standard InChI is InChI=1S/C12H11Cl2N3O2/c13-8-2-1-6(3-9(8)14)11-16-12(19-17-11)10-4-7(18)5-15-10/h1-3,7,10,15,18H,4-5H2/t7-,10+/m1/s1. The summed E-state index contributed by atoms with van der Waals surface area (Å²) in [5, 5.41) is 17.4. The molecule has 0 saturated carbocycles. The molecule has 0 bridgehead atoms. The Morgan fingerprint density at radius 3 is 2.84 bits per heavy atom. The van der Waals surface area contributed by atoms with Crippen LogP contribution in [0.4, 0.5) is 0 Å². The molecule has 7 heteroatoms. The molecule has 3 rings (SSSR count). The molecule has 2 aromatic rings. The van der Waals surface area contributed by atoms with Crippen molar-refractivity contribution < 1.29 is 9.63 Å². The van der Waals surface area contributed by atoms with Gasteiger partial charge in [-0.3, -0.25) is 0 Å². The third-order valence-corrected chi connectivity index (χ3v) is 3.76. The molecule has 19 heavy (non-hydrogen) atoms. The smallest absolute Gasteiger partial charge is 0.244 e. The first-order valence-electron chi connectivity index (χ1n) is 5.84. The van der Waals surface area contributed by atoms with Gasteiger partial charge in [-0.1, -0.05) is 28.4 Å². The van der Waals surface area contributed by atoms with Crippen LogP contribution in [0.15, 0.2) is 22.7 Å². The number of halogens is 2. The number of hydrogen-bond donors (Lipinski definition) is 2. The van der Waals surface area contributed by atoms with E-state index >= 15 is 0 Å². The largest absolute Gasteiger partial charge is 0.392 e. The molecule has 100 valence electrons. The number of nitrogens with zero attached hydrogens (tertiary/aromatic N) is 2. The number of aliphatic hydroxyl groups is 1. The van der Waals surface area contributed by atoms with Crippen LogP contribution in [0.3, 0.4) is 0 Å². The Balaban J connectivity index is 1.86. The minimum atomic E-state index is -0.370. The maximum Gasteiger partial charge on any atom is 0.244 e. The molecule has 1 aromatic carbocycles. The Labute approximate surface area is 119 Å². The van der Waals surface area contributed by atoms with E-state index in [0.717, 1.165) is 5.56 Å². The summed E-state index contributed by atoms with van der Waals surface area (Å²) in [6.07, 6.45) is 0.202. The highest BCUT2D eigenvalue weighted by molar-refractivity contribution is 6.42. The average Bonchev–Trinajstić information content (AvgIpc) is 3.01. The zero-order valence-corrected chi connectivity index (χ0v) is 11.3. The lowest BCUT2D eigenvalue weighted by molar-refractivity contribution is 0.191. The van der Waals surface area contributed by atoms with Crippen molar-refractivity contribution in [2.24, 2.45) is 0 Å². The first kappa shape index (κ1) is 12.9. The number of aliphatic hydroxyl groups excluding tert-OH is 1. The third kappa shape index (κ3) is 2.60. The highest BCUT2D eigenvalue weighted by Gasteiger charge is 2.28. The lowest BCUT2D eigenvalue weighted by atomic mass is 10.2. The second-order valence-electron chi connectivity index (χ2n) is 4.44. The number of aromatic nitrogens is 2. The van der Waals surface area contributed by atoms with Crippen molar-refractivity contribution in [2.45, 2.75) is 18.6 Å². The van der Waals surface area contributed by atoms with Crippen LogP contribution in [0.1, 0.15) is 18.4 Å². The molecule has 1 aromatic heterocycles. The van der Waals surface area contributed by atoms with Gasteiger partial charge in [-0.15, -0.1) is 0 Å². The first-order valence-corrected chi connectivity index (χ1v) is 6.59. The number of benzene rings is 1. The lowest BCUT2D eigenvalue weighted by Gasteiger charge is -2.01. The van der Waals surface area contributed by atoms with Crippen molar-refractivity contribution in [3.8, 4) is 11.4 Å². The topological polar surface area (TPSA) is 71.2 Å². The Morgan fingerprint density at radius 1 is 1.32 bits per heavy atom. The van der Waals surface area contributed by atoms with Crippen LogP contribution < -0.4 is 5.32 Å². The second kappa shape index (κ2) is 5.09. The van der Waals surface area contributed by atoms with Crippen molar-refractivity contribution in [3.63, 3.8) is 0 Å². The quantitative estimate of drug-likeness (QED) is 0.891. The zero-order chi connectivity index (χ0) is 13.4. The van der Waals surface area contributed by atoms with Gasteiger partial charge >= 0.3 is 0 Å². The van der Waals surface area contributed by atoms with E-state index in [-0.39, 0.29) is 12.1 Å². The molecule has 1 aliphatic rings. The second-order valence-corrected chi connectivity index (χ2v) is 5.25. The molecule has 0 radical (unpaired) electrons. The van der Waals surface area contributed by atoms with E-state index in [1.54, 1.807) is 18.2 Å². The van der Waals surface area contributed by atoms with E-state index in [1.165, 1.54) is 0 Å². The van der Waals surface area contributed by atoms with Gasteiger partial charge in [0.2, 0.25) is 11.7 Å². The Bertz CT molecular complexity index is 602. The molecular formula is C12H11Cl2N3O2. The first-order chi connectivity index (χ1) is 9.13. The number of β-amino-alcohol motifs (C(OH)–C–C–N with tert-alkyl or cyclic N) is 1. The van der Waals surface area contributed by atoms with Crippen molar-refractivity contribution in [3.05, 3.63) is 34.1 Å². The average molecular weight is 300 g/mol. The molecule has 1 fully saturated rings. The Kier molecular flexibility index (Phi) is 3.45. The van der Waals surface area contributed by atoms with E-state index in [1.807, 2.05) is 0 Å². The van der Waals surface area contributed by atoms with Gasteiger partial charge in [-0.05, 0) is 24.6 Å². The Morgan fingerprint density at radius 2 is 2.16 bits per heavy atom. The SMILES string of the molecule is O[C@H]1CN[C@H](c2nc(-c3ccc(Cl)c(Cl)c3)no2)C1. The molecule has 1 aliphatic heterocycles. The van der Waals surface area contributed by atoms with Gasteiger partial charge in [-0.25, -0.2) is 0 Å². The monoisotopic (exact) mass is 299 g/mol. The van der Waals surface area contributed by atoms with Crippen LogP contribution in [0.25, 0.3) is 11.4 Å². The fraction of sp³-hybridized carbons (Fsp3) is 0.333. The molecule has 2 heterocycles. The summed E-state index contributed by atoms with van der Waals surface area (Å²) in [5.41, 5.74) is 0.739. The molecular weight excluding hydrogens is 289 g/mol. The van der Waals surface area contributed by atoms with Gasteiger partial charge in [0, 0.05) is 12.1 Å². The highest BCUT2D eigenvalue weighted by Crippen LogP contribution is 2.28. The van der Waals surface area contributed by atoms with Gasteiger partial charge in [0.25, 0.3) is 0 Å². The molecule has 0 aliphatic carbocycles. The maximum atomic E-state index is 9.47. The van der Waals surface area contributed by atoms with Crippen molar-refractivity contribution in [1.29, 1.82) is 0 Å². The van der Waals surface area contributed by atoms with E-state index in [2.05, 4.69) is 15.5 Å². The van der Waals surface area contributed by atoms with Gasteiger partial charge < -0.3 is 14.9 Å². The van der Waals surface area contributed by atoms with Crippen LogP contribution in [-0.4, -0.2) is 27.9 Å². The summed E-state index contributed by atoms with van der Waals surface area (Å²) in [6, 6.07) is 5.06. The maximum absolute atomic E-state index is 9.47. The molecule has 1 saturated heterocycles. The summed E-state index contributed by atoms with van der Waals surface area (Å²) < 4.78 is 5.21. The number of nitrogens with one attached hydrogen (secondary N) is 1. The fourth-order valence-corrected chi connectivity index (χ4v) is 2.33. The van der Waals surface area contributed by atoms with Crippen LogP contribution in [0.5, 0.6) is 0 Å². The van der Waals surface area contributed by atoms with E-state index in [0.29, 0.717) is 34.7 Å². The minimum absolute atomic E-state index is 0.0981. The fourth-order valence-electron chi connectivity index (χ4n) is 2.03. The normalized spacial score (nSPS) is 22.9. The lowest BCUT2D eigenvalue weighted by Crippen LogP contribution is -2.15. The van der Waals surface area contributed by atoms with Gasteiger partial charge in [0.05, 0.1) is 22.2 Å². The molecule has 5 nitrogen and oxygen atoms in total. The van der Waals surface area contributed by atoms with E-state index in [4.69, 9.17) is 27.7 Å². The summed E-state index contributed by atoms with van der Waals surface area (Å²) in [6.45, 7) is 0.537. The zero-order valence-electron chi connectivity index (χ0n) is 9.81. The summed E-state index contributed by atoms with van der Waals surface area (Å²) in [4.78, 5) is 4.31.